The van der Waals surface area contributed by atoms with Gasteiger partial charge in [-0.25, -0.2) is 9.97 Å². The van der Waals surface area contributed by atoms with Crippen molar-refractivity contribution in [2.24, 2.45) is 0 Å². The van der Waals surface area contributed by atoms with Crippen molar-refractivity contribution in [3.05, 3.63) is 169 Å². The highest BCUT2D eigenvalue weighted by atomic mass is 16.3. The first-order chi connectivity index (χ1) is 26.7. The molecular weight excluding hydrogens is 663 g/mol. The van der Waals surface area contributed by atoms with Crippen LogP contribution in [0, 0.1) is 0 Å². The Morgan fingerprint density at radius 2 is 1.26 bits per heavy atom. The number of benzene rings is 7. The van der Waals surface area contributed by atoms with E-state index in [9.17, 15) is 0 Å². The minimum absolute atomic E-state index is 0.705. The molecule has 0 radical (unpaired) electrons. The summed E-state index contributed by atoms with van der Waals surface area (Å²) in [5.74, 6) is 0.705. The number of furan rings is 2. The molecule has 0 amide bonds. The van der Waals surface area contributed by atoms with Gasteiger partial charge < -0.3 is 13.4 Å². The van der Waals surface area contributed by atoms with Gasteiger partial charge in [0, 0.05) is 55.2 Å². The topological polar surface area (TPSA) is 57.0 Å². The summed E-state index contributed by atoms with van der Waals surface area (Å²) >= 11 is 0. The third kappa shape index (κ3) is 4.27. The van der Waals surface area contributed by atoms with Gasteiger partial charge >= 0.3 is 0 Å². The van der Waals surface area contributed by atoms with E-state index in [-0.39, 0.29) is 0 Å². The molecule has 7 aromatic carbocycles. The average molecular weight is 692 g/mol. The van der Waals surface area contributed by atoms with Crippen LogP contribution in [0.15, 0.2) is 167 Å². The molecule has 0 saturated heterocycles. The van der Waals surface area contributed by atoms with Crippen LogP contribution in [-0.4, -0.2) is 14.5 Å². The van der Waals surface area contributed by atoms with Crippen molar-refractivity contribution < 1.29 is 8.83 Å². The van der Waals surface area contributed by atoms with Crippen LogP contribution in [0.5, 0.6) is 0 Å². The monoisotopic (exact) mass is 691 g/mol. The maximum atomic E-state index is 6.67. The first-order valence-corrected chi connectivity index (χ1v) is 18.3. The molecule has 0 aliphatic heterocycles. The Bertz CT molecular complexity index is 3360. The minimum atomic E-state index is 0.705. The van der Waals surface area contributed by atoms with E-state index in [1.807, 2.05) is 42.5 Å². The number of para-hydroxylation sites is 2. The lowest BCUT2D eigenvalue weighted by molar-refractivity contribution is 0.668. The van der Waals surface area contributed by atoms with Gasteiger partial charge in [0.05, 0.1) is 22.4 Å². The van der Waals surface area contributed by atoms with Crippen molar-refractivity contribution in [1.29, 1.82) is 0 Å². The lowest BCUT2D eigenvalue weighted by Gasteiger charge is -2.11. The number of hydrogen-bond donors (Lipinski definition) is 0. The first-order valence-electron chi connectivity index (χ1n) is 18.3. The third-order valence-electron chi connectivity index (χ3n) is 11.0. The lowest BCUT2D eigenvalue weighted by Crippen LogP contribution is -1.96. The molecule has 1 aliphatic carbocycles. The van der Waals surface area contributed by atoms with Crippen LogP contribution >= 0.6 is 0 Å². The molecule has 252 valence electrons. The Balaban J connectivity index is 1.01. The van der Waals surface area contributed by atoms with Crippen LogP contribution in [0.3, 0.4) is 0 Å². The van der Waals surface area contributed by atoms with Gasteiger partial charge in [-0.15, -0.1) is 0 Å². The van der Waals surface area contributed by atoms with Gasteiger partial charge in [0.2, 0.25) is 0 Å². The van der Waals surface area contributed by atoms with E-state index in [4.69, 9.17) is 18.8 Å². The minimum Gasteiger partial charge on any atom is -0.456 e. The summed E-state index contributed by atoms with van der Waals surface area (Å²) in [4.78, 5) is 10.1. The number of nitrogens with zero attached hydrogens (tertiary/aromatic N) is 3. The number of hydrogen-bond acceptors (Lipinski definition) is 4. The predicted molar refractivity (Wildman–Crippen MR) is 220 cm³/mol. The molecule has 0 unspecified atom stereocenters. The van der Waals surface area contributed by atoms with Gasteiger partial charge in [-0.3, -0.25) is 0 Å². The van der Waals surface area contributed by atoms with Gasteiger partial charge in [-0.05, 0) is 83.8 Å². The molecule has 5 heteroatoms. The van der Waals surface area contributed by atoms with Gasteiger partial charge in [0.1, 0.15) is 22.3 Å². The SMILES string of the molecule is C1=Cc2c(c3cc(-c4ccc5oc6ccccc6c5c4)ccc3n2-c2ccc3c(c2)oc2cccc(-c4nc(-c5ccccc5)nc5ccccc45)c23)C1. The fraction of sp³-hybridized carbons (Fsp3) is 0.0204. The largest absolute Gasteiger partial charge is 0.456 e. The first kappa shape index (κ1) is 29.3. The van der Waals surface area contributed by atoms with E-state index in [2.05, 4.69) is 126 Å². The van der Waals surface area contributed by atoms with Crippen LogP contribution in [0.25, 0.3) is 111 Å². The van der Waals surface area contributed by atoms with Gasteiger partial charge in [0.15, 0.2) is 5.82 Å². The van der Waals surface area contributed by atoms with E-state index in [1.165, 1.54) is 33.3 Å². The molecule has 0 spiro atoms. The second-order valence-electron chi connectivity index (χ2n) is 14.1. The number of allylic oxidation sites excluding steroid dienone is 1. The Labute approximate surface area is 309 Å². The van der Waals surface area contributed by atoms with E-state index < -0.39 is 0 Å². The third-order valence-corrected chi connectivity index (χ3v) is 11.0. The van der Waals surface area contributed by atoms with Gasteiger partial charge in [0.25, 0.3) is 0 Å². The molecule has 5 nitrogen and oxygen atoms in total. The smallest absolute Gasteiger partial charge is 0.160 e. The highest BCUT2D eigenvalue weighted by Gasteiger charge is 2.22. The van der Waals surface area contributed by atoms with Crippen molar-refractivity contribution in [3.63, 3.8) is 0 Å². The molecule has 1 aliphatic rings. The Hall–Kier alpha value is -7.24. The summed E-state index contributed by atoms with van der Waals surface area (Å²) in [7, 11) is 0. The predicted octanol–water partition coefficient (Wildman–Crippen LogP) is 12.9. The van der Waals surface area contributed by atoms with Crippen LogP contribution in [0.1, 0.15) is 11.3 Å². The van der Waals surface area contributed by atoms with Crippen LogP contribution in [0.4, 0.5) is 0 Å². The standard InChI is InChI=1S/C49H29N3O2/c1-2-10-29(11-3-1)49-50-40-16-6-4-13-35(40)48(51-49)37-15-9-19-45-47(37)36-23-22-32(28-46(36)54-45)52-41-17-8-14-33(41)38-26-30(20-24-42(38)52)31-21-25-44-39(27-31)34-12-5-7-18-43(34)53-44/h1-13,15-28H,14H2. The van der Waals surface area contributed by atoms with Crippen LogP contribution in [-0.2, 0) is 6.42 Å². The quantitative estimate of drug-likeness (QED) is 0.184. The Morgan fingerprint density at radius 1 is 0.500 bits per heavy atom. The second-order valence-corrected chi connectivity index (χ2v) is 14.1. The summed E-state index contributed by atoms with van der Waals surface area (Å²) in [6.07, 6.45) is 5.42. The summed E-state index contributed by atoms with van der Waals surface area (Å²) in [5, 5.41) is 6.66. The zero-order valence-corrected chi connectivity index (χ0v) is 29.0. The summed E-state index contributed by atoms with van der Waals surface area (Å²) < 4.78 is 15.2. The summed E-state index contributed by atoms with van der Waals surface area (Å²) in [5.41, 5.74) is 14.5. The molecule has 0 fully saturated rings. The average Bonchev–Trinajstić information content (AvgIpc) is 4.01. The highest BCUT2D eigenvalue weighted by molar-refractivity contribution is 6.15. The highest BCUT2D eigenvalue weighted by Crippen LogP contribution is 2.42. The summed E-state index contributed by atoms with van der Waals surface area (Å²) in [6.45, 7) is 0. The van der Waals surface area contributed by atoms with Crippen molar-refractivity contribution in [1.82, 2.24) is 14.5 Å². The number of rotatable bonds is 4. The second kappa shape index (κ2) is 11.1. The normalized spacial score (nSPS) is 12.7. The Morgan fingerprint density at radius 3 is 2.19 bits per heavy atom. The molecule has 0 atom stereocenters. The lowest BCUT2D eigenvalue weighted by atomic mass is 10.00. The van der Waals surface area contributed by atoms with Crippen molar-refractivity contribution in [2.75, 3.05) is 0 Å². The maximum absolute atomic E-state index is 6.67. The van der Waals surface area contributed by atoms with Crippen LogP contribution in [0.2, 0.25) is 0 Å². The van der Waals surface area contributed by atoms with Gasteiger partial charge in [-0.2, -0.15) is 0 Å². The molecule has 0 bridgehead atoms. The van der Waals surface area contributed by atoms with Crippen molar-refractivity contribution in [3.8, 4) is 39.5 Å². The molecular formula is C49H29N3O2. The zero-order valence-electron chi connectivity index (χ0n) is 29.0. The zero-order chi connectivity index (χ0) is 35.3. The van der Waals surface area contributed by atoms with E-state index in [0.717, 1.165) is 83.7 Å². The number of aromatic nitrogens is 3. The Kier molecular flexibility index (Phi) is 6.05. The molecule has 11 aromatic rings. The molecule has 4 aromatic heterocycles. The van der Waals surface area contributed by atoms with E-state index in [1.54, 1.807) is 0 Å². The summed E-state index contributed by atoms with van der Waals surface area (Å²) in [6, 6.07) is 52.9. The molecule has 0 saturated carbocycles. The van der Waals surface area contributed by atoms with E-state index >= 15 is 0 Å². The fourth-order valence-electron chi connectivity index (χ4n) is 8.57. The van der Waals surface area contributed by atoms with E-state index in [0.29, 0.717) is 5.82 Å². The van der Waals surface area contributed by atoms with Crippen molar-refractivity contribution >= 4 is 71.8 Å². The maximum Gasteiger partial charge on any atom is 0.160 e. The fourth-order valence-corrected chi connectivity index (χ4v) is 8.57. The molecule has 12 rings (SSSR count). The van der Waals surface area contributed by atoms with Crippen molar-refractivity contribution in [2.45, 2.75) is 6.42 Å². The molecule has 4 heterocycles. The van der Waals surface area contributed by atoms with Crippen LogP contribution < -0.4 is 0 Å². The van der Waals surface area contributed by atoms with Gasteiger partial charge in [-0.1, -0.05) is 97.1 Å². The molecule has 54 heavy (non-hydrogen) atoms. The molecule has 0 N–H and O–H groups in total. The number of fused-ring (bicyclic) bond motifs is 10.